The Kier molecular flexibility index (Phi) is 4.41. The predicted molar refractivity (Wildman–Crippen MR) is 53.0 cm³/mol. The zero-order valence-corrected chi connectivity index (χ0v) is 9.47. The van der Waals surface area contributed by atoms with Crippen LogP contribution in [0.3, 0.4) is 0 Å². The van der Waals surface area contributed by atoms with E-state index in [1.54, 1.807) is 0 Å². The van der Waals surface area contributed by atoms with E-state index < -0.39 is 18.7 Å². The number of pyridine rings is 1. The molecular formula is C9H9ClF3NO3. The molecule has 0 aromatic carbocycles. The van der Waals surface area contributed by atoms with Crippen molar-refractivity contribution >= 4 is 11.6 Å². The molecule has 1 heterocycles. The van der Waals surface area contributed by atoms with Gasteiger partial charge in [-0.1, -0.05) is 0 Å². The average molecular weight is 272 g/mol. The average Bonchev–Trinajstić information content (AvgIpc) is 2.26. The van der Waals surface area contributed by atoms with Gasteiger partial charge in [0, 0.05) is 5.88 Å². The molecule has 8 heteroatoms. The van der Waals surface area contributed by atoms with Gasteiger partial charge in [0.25, 0.3) is 5.88 Å². The Morgan fingerprint density at radius 3 is 2.53 bits per heavy atom. The maximum Gasteiger partial charge on any atom is 0.573 e. The van der Waals surface area contributed by atoms with Gasteiger partial charge in [0.2, 0.25) is 0 Å². The van der Waals surface area contributed by atoms with E-state index in [1.807, 2.05) is 0 Å². The molecule has 0 saturated carbocycles. The fraction of sp³-hybridized carbons (Fsp3) is 0.444. The second-order valence-corrected chi connectivity index (χ2v) is 3.21. The maximum atomic E-state index is 12.1. The highest BCUT2D eigenvalue weighted by Crippen LogP contribution is 2.32. The van der Waals surface area contributed by atoms with E-state index in [1.165, 1.54) is 0 Å². The highest BCUT2D eigenvalue weighted by atomic mass is 35.5. The van der Waals surface area contributed by atoms with Crippen LogP contribution >= 0.6 is 11.6 Å². The Hall–Kier alpha value is -1.21. The smallest absolute Gasteiger partial charge is 0.478 e. The summed E-state index contributed by atoms with van der Waals surface area (Å²) in [5.41, 5.74) is 0.389. The van der Waals surface area contributed by atoms with Crippen molar-refractivity contribution in [1.82, 2.24) is 4.98 Å². The van der Waals surface area contributed by atoms with Gasteiger partial charge < -0.3 is 14.6 Å². The first kappa shape index (κ1) is 13.9. The molecule has 1 N–H and O–H groups in total. The van der Waals surface area contributed by atoms with Crippen LogP contribution in [0.25, 0.3) is 0 Å². The number of alkyl halides is 4. The van der Waals surface area contributed by atoms with Crippen LogP contribution in [0.2, 0.25) is 0 Å². The molecule has 17 heavy (non-hydrogen) atoms. The molecule has 0 unspecified atom stereocenters. The lowest BCUT2D eigenvalue weighted by molar-refractivity contribution is -0.275. The molecule has 1 aromatic heterocycles. The van der Waals surface area contributed by atoms with E-state index in [9.17, 15) is 13.2 Å². The van der Waals surface area contributed by atoms with E-state index in [-0.39, 0.29) is 23.0 Å². The van der Waals surface area contributed by atoms with Crippen LogP contribution in [-0.2, 0) is 12.5 Å². The second-order valence-electron chi connectivity index (χ2n) is 2.94. The first-order valence-electron chi connectivity index (χ1n) is 4.40. The lowest BCUT2D eigenvalue weighted by atomic mass is 10.2. The summed E-state index contributed by atoms with van der Waals surface area (Å²) in [7, 11) is 1.15. The summed E-state index contributed by atoms with van der Waals surface area (Å²) in [6.45, 7) is -0.454. The minimum atomic E-state index is -4.85. The fourth-order valence-electron chi connectivity index (χ4n) is 1.15. The Balaban J connectivity index is 3.19. The quantitative estimate of drug-likeness (QED) is 0.853. The van der Waals surface area contributed by atoms with Crippen molar-refractivity contribution in [3.8, 4) is 11.6 Å². The number of rotatable bonds is 4. The summed E-state index contributed by atoms with van der Waals surface area (Å²) in [5.74, 6) is -1.05. The molecule has 0 amide bonds. The predicted octanol–water partition coefficient (Wildman–Crippen LogP) is 2.22. The van der Waals surface area contributed by atoms with Crippen molar-refractivity contribution < 1.29 is 27.8 Å². The molecule has 96 valence electrons. The van der Waals surface area contributed by atoms with Crippen molar-refractivity contribution in [3.63, 3.8) is 0 Å². The van der Waals surface area contributed by atoms with Gasteiger partial charge in [-0.25, -0.2) is 4.98 Å². The molecule has 0 atom stereocenters. The standard InChI is InChI=1S/C9H9ClF3NO3/c1-16-8-7(17-9(11,12)13)2-5(3-10)6(4-15)14-8/h2,15H,3-4H2,1H3. The lowest BCUT2D eigenvalue weighted by Gasteiger charge is -2.14. The largest absolute Gasteiger partial charge is 0.573 e. The summed E-state index contributed by atoms with van der Waals surface area (Å²) in [5, 5.41) is 8.95. The molecule has 0 fully saturated rings. The van der Waals surface area contributed by atoms with Crippen molar-refractivity contribution in [2.45, 2.75) is 18.8 Å². The first-order chi connectivity index (χ1) is 7.91. The maximum absolute atomic E-state index is 12.1. The Morgan fingerprint density at radius 2 is 2.12 bits per heavy atom. The van der Waals surface area contributed by atoms with Gasteiger partial charge in [0.1, 0.15) is 0 Å². The number of aliphatic hydroxyl groups excluding tert-OH is 1. The molecule has 0 bridgehead atoms. The van der Waals surface area contributed by atoms with E-state index in [0.29, 0.717) is 0 Å². The van der Waals surface area contributed by atoms with E-state index in [0.717, 1.165) is 13.2 Å². The summed E-state index contributed by atoms with van der Waals surface area (Å²) >= 11 is 5.52. The highest BCUT2D eigenvalue weighted by Gasteiger charge is 2.33. The zero-order valence-electron chi connectivity index (χ0n) is 8.71. The summed E-state index contributed by atoms with van der Waals surface area (Å²) in [6, 6.07) is 1.04. The molecule has 0 spiro atoms. The van der Waals surface area contributed by atoms with Gasteiger partial charge in [0.05, 0.1) is 19.4 Å². The minimum absolute atomic E-state index is 0.0961. The number of halogens is 4. The van der Waals surface area contributed by atoms with Gasteiger partial charge >= 0.3 is 6.36 Å². The number of methoxy groups -OCH3 is 1. The lowest BCUT2D eigenvalue weighted by Crippen LogP contribution is -2.18. The molecule has 1 rings (SSSR count). The Bertz CT molecular complexity index is 398. The van der Waals surface area contributed by atoms with Gasteiger partial charge in [-0.15, -0.1) is 24.8 Å². The number of hydrogen-bond acceptors (Lipinski definition) is 4. The fourth-order valence-corrected chi connectivity index (χ4v) is 1.38. The third-order valence-corrected chi connectivity index (χ3v) is 2.12. The number of aliphatic hydroxyl groups is 1. The molecule has 0 aliphatic rings. The van der Waals surface area contributed by atoms with Crippen LogP contribution in [0.5, 0.6) is 11.6 Å². The van der Waals surface area contributed by atoms with Crippen LogP contribution in [0, 0.1) is 0 Å². The number of nitrogens with zero attached hydrogens (tertiary/aromatic N) is 1. The molecule has 0 saturated heterocycles. The van der Waals surface area contributed by atoms with Gasteiger partial charge in [-0.05, 0) is 11.6 Å². The van der Waals surface area contributed by atoms with Crippen LogP contribution < -0.4 is 9.47 Å². The van der Waals surface area contributed by atoms with Crippen molar-refractivity contribution in [1.29, 1.82) is 0 Å². The number of hydrogen-bond donors (Lipinski definition) is 1. The number of ether oxygens (including phenoxy) is 2. The second kappa shape index (κ2) is 5.42. The van der Waals surface area contributed by atoms with Crippen LogP contribution in [0.1, 0.15) is 11.3 Å². The molecule has 4 nitrogen and oxygen atoms in total. The van der Waals surface area contributed by atoms with E-state index >= 15 is 0 Å². The van der Waals surface area contributed by atoms with E-state index in [2.05, 4.69) is 14.5 Å². The SMILES string of the molecule is COc1nc(CO)c(CCl)cc1OC(F)(F)F. The summed E-state index contributed by atoms with van der Waals surface area (Å²) < 4.78 is 44.6. The monoisotopic (exact) mass is 271 g/mol. The third-order valence-electron chi connectivity index (χ3n) is 1.84. The molecular weight excluding hydrogens is 263 g/mol. The van der Waals surface area contributed by atoms with Gasteiger partial charge in [-0.2, -0.15) is 0 Å². The van der Waals surface area contributed by atoms with Crippen molar-refractivity contribution in [2.24, 2.45) is 0 Å². The summed E-state index contributed by atoms with van der Waals surface area (Å²) in [4.78, 5) is 3.68. The zero-order chi connectivity index (χ0) is 13.1. The van der Waals surface area contributed by atoms with Crippen LogP contribution in [-0.4, -0.2) is 23.6 Å². The van der Waals surface area contributed by atoms with Crippen molar-refractivity contribution in [3.05, 3.63) is 17.3 Å². The summed E-state index contributed by atoms with van der Waals surface area (Å²) in [6.07, 6.45) is -4.85. The molecule has 0 aliphatic carbocycles. The topological polar surface area (TPSA) is 51.6 Å². The van der Waals surface area contributed by atoms with Gasteiger partial charge in [0.15, 0.2) is 5.75 Å². The molecule has 0 aliphatic heterocycles. The van der Waals surface area contributed by atoms with Gasteiger partial charge in [-0.3, -0.25) is 0 Å². The van der Waals surface area contributed by atoms with Crippen LogP contribution in [0.15, 0.2) is 6.07 Å². The molecule has 0 radical (unpaired) electrons. The molecule has 1 aromatic rings. The highest BCUT2D eigenvalue weighted by molar-refractivity contribution is 6.17. The minimum Gasteiger partial charge on any atom is -0.478 e. The Morgan fingerprint density at radius 1 is 1.47 bits per heavy atom. The van der Waals surface area contributed by atoms with Crippen LogP contribution in [0.4, 0.5) is 13.2 Å². The van der Waals surface area contributed by atoms with E-state index in [4.69, 9.17) is 16.7 Å². The first-order valence-corrected chi connectivity index (χ1v) is 4.94. The normalized spacial score (nSPS) is 11.4. The third kappa shape index (κ3) is 3.64. The van der Waals surface area contributed by atoms with Crippen molar-refractivity contribution in [2.75, 3.05) is 7.11 Å². The number of aromatic nitrogens is 1. The Labute approximate surface area is 99.9 Å².